The maximum atomic E-state index is 12.5. The van der Waals surface area contributed by atoms with E-state index in [1.165, 1.54) is 12.1 Å². The number of hydrogen-bond donors (Lipinski definition) is 7. The number of amides is 3. The Kier molecular flexibility index (Phi) is 10.8. The van der Waals surface area contributed by atoms with Crippen molar-refractivity contribution >= 4 is 29.7 Å². The molecule has 0 aromatic heterocycles. The summed E-state index contributed by atoms with van der Waals surface area (Å²) in [5.41, 5.74) is 6.55. The van der Waals surface area contributed by atoms with Gasteiger partial charge >= 0.3 is 11.9 Å². The maximum absolute atomic E-state index is 12.5. The Morgan fingerprint density at radius 2 is 1.61 bits per heavy atom. The van der Waals surface area contributed by atoms with Crippen LogP contribution in [-0.2, 0) is 30.4 Å². The van der Waals surface area contributed by atoms with Gasteiger partial charge in [0.15, 0.2) is 0 Å². The van der Waals surface area contributed by atoms with Gasteiger partial charge in [0.2, 0.25) is 17.7 Å². The fourth-order valence-electron chi connectivity index (χ4n) is 2.84. The van der Waals surface area contributed by atoms with Crippen LogP contribution in [0.1, 0.15) is 32.3 Å². The highest BCUT2D eigenvalue weighted by atomic mass is 16.4. The third-order valence-corrected chi connectivity index (χ3v) is 4.96. The number of aromatic hydroxyl groups is 1. The van der Waals surface area contributed by atoms with Crippen molar-refractivity contribution in [2.75, 3.05) is 6.54 Å². The molecule has 12 heteroatoms. The average molecular weight is 466 g/mol. The van der Waals surface area contributed by atoms with Gasteiger partial charge in [-0.05, 0) is 30.0 Å². The molecule has 3 amide bonds. The van der Waals surface area contributed by atoms with E-state index in [0.29, 0.717) is 12.0 Å². The molecule has 4 unspecified atom stereocenters. The number of rotatable bonds is 13. The fourth-order valence-corrected chi connectivity index (χ4v) is 2.84. The molecule has 4 atom stereocenters. The van der Waals surface area contributed by atoms with Crippen LogP contribution >= 0.6 is 0 Å². The fraction of sp³-hybridized carbons (Fsp3) is 0.476. The van der Waals surface area contributed by atoms with Crippen LogP contribution in [0.15, 0.2) is 24.3 Å². The first-order valence-electron chi connectivity index (χ1n) is 10.3. The Morgan fingerprint density at radius 3 is 2.12 bits per heavy atom. The zero-order valence-electron chi connectivity index (χ0n) is 18.4. The van der Waals surface area contributed by atoms with Crippen LogP contribution in [0.2, 0.25) is 0 Å². The normalized spacial score (nSPS) is 14.3. The van der Waals surface area contributed by atoms with E-state index in [4.69, 9.17) is 15.9 Å². The number of benzene rings is 1. The van der Waals surface area contributed by atoms with Gasteiger partial charge in [-0.2, -0.15) is 0 Å². The molecule has 0 radical (unpaired) electrons. The van der Waals surface area contributed by atoms with Crippen LogP contribution in [0.25, 0.3) is 0 Å². The van der Waals surface area contributed by atoms with Crippen LogP contribution in [0, 0.1) is 5.92 Å². The van der Waals surface area contributed by atoms with E-state index >= 15 is 0 Å². The zero-order valence-corrected chi connectivity index (χ0v) is 18.4. The number of carboxylic acids is 2. The Balaban J connectivity index is 2.67. The Labute approximate surface area is 190 Å². The average Bonchev–Trinajstić information content (AvgIpc) is 2.75. The number of nitrogens with one attached hydrogen (secondary N) is 3. The SMILES string of the molecule is CCC(C)C(NC(=O)CNC(=O)C(N)Cc1ccc(O)cc1)C(=O)NC(CC(=O)O)C(=O)O. The van der Waals surface area contributed by atoms with Crippen LogP contribution in [0.3, 0.4) is 0 Å². The van der Waals surface area contributed by atoms with Gasteiger partial charge < -0.3 is 37.0 Å². The molecule has 0 aliphatic rings. The summed E-state index contributed by atoms with van der Waals surface area (Å²) in [6.07, 6.45) is -0.193. The van der Waals surface area contributed by atoms with Crippen LogP contribution in [0.4, 0.5) is 0 Å². The summed E-state index contributed by atoms with van der Waals surface area (Å²) in [5.74, 6) is -5.40. The van der Waals surface area contributed by atoms with E-state index in [0.717, 1.165) is 0 Å². The van der Waals surface area contributed by atoms with Crippen molar-refractivity contribution in [3.63, 3.8) is 0 Å². The van der Waals surface area contributed by atoms with Gasteiger partial charge in [0.05, 0.1) is 19.0 Å². The highest BCUT2D eigenvalue weighted by Crippen LogP contribution is 2.11. The van der Waals surface area contributed by atoms with Gasteiger partial charge in [0, 0.05) is 0 Å². The molecule has 12 nitrogen and oxygen atoms in total. The molecule has 182 valence electrons. The summed E-state index contributed by atoms with van der Waals surface area (Å²) in [7, 11) is 0. The predicted octanol–water partition coefficient (Wildman–Crippen LogP) is -1.05. The number of carbonyl (C=O) groups excluding carboxylic acids is 3. The van der Waals surface area contributed by atoms with Crippen molar-refractivity contribution in [3.05, 3.63) is 29.8 Å². The number of carboxylic acid groups (broad SMARTS) is 2. The second-order valence-corrected chi connectivity index (χ2v) is 7.62. The second kappa shape index (κ2) is 13.0. The third-order valence-electron chi connectivity index (χ3n) is 4.96. The van der Waals surface area contributed by atoms with Gasteiger partial charge in [-0.15, -0.1) is 0 Å². The molecule has 1 rings (SSSR count). The molecule has 0 fully saturated rings. The van der Waals surface area contributed by atoms with Crippen molar-refractivity contribution in [1.29, 1.82) is 0 Å². The summed E-state index contributed by atoms with van der Waals surface area (Å²) in [4.78, 5) is 59.1. The minimum absolute atomic E-state index is 0.0750. The maximum Gasteiger partial charge on any atom is 0.326 e. The molecule has 0 aliphatic heterocycles. The van der Waals surface area contributed by atoms with Crippen molar-refractivity contribution in [2.45, 2.75) is 51.2 Å². The van der Waals surface area contributed by atoms with Gasteiger partial charge in [-0.1, -0.05) is 32.4 Å². The molecule has 1 aromatic rings. The minimum atomic E-state index is -1.66. The second-order valence-electron chi connectivity index (χ2n) is 7.62. The standard InChI is InChI=1S/C21H30N4O8/c1-3-11(2)18(20(31)24-15(21(32)33)9-17(28)29)25-16(27)10-23-19(30)14(22)8-12-4-6-13(26)7-5-12/h4-7,11,14-15,18,26H,3,8-10,22H2,1-2H3,(H,23,30)(H,24,31)(H,25,27)(H,28,29)(H,32,33). The van der Waals surface area contributed by atoms with Gasteiger partial charge in [-0.25, -0.2) is 4.79 Å². The predicted molar refractivity (Wildman–Crippen MR) is 116 cm³/mol. The molecule has 0 bridgehead atoms. The van der Waals surface area contributed by atoms with E-state index in [1.807, 2.05) is 0 Å². The van der Waals surface area contributed by atoms with Crippen molar-refractivity contribution < 1.29 is 39.3 Å². The lowest BCUT2D eigenvalue weighted by molar-refractivity contribution is -0.147. The van der Waals surface area contributed by atoms with Gasteiger partial charge in [0.25, 0.3) is 0 Å². The van der Waals surface area contributed by atoms with E-state index in [1.54, 1.807) is 26.0 Å². The van der Waals surface area contributed by atoms with Crippen molar-refractivity contribution in [1.82, 2.24) is 16.0 Å². The molecule has 0 spiro atoms. The Hall–Kier alpha value is -3.67. The molecule has 8 N–H and O–H groups in total. The van der Waals surface area contributed by atoms with E-state index in [2.05, 4.69) is 16.0 Å². The summed E-state index contributed by atoms with van der Waals surface area (Å²) >= 11 is 0. The van der Waals surface area contributed by atoms with Crippen LogP contribution in [0.5, 0.6) is 5.75 Å². The number of phenolic OH excluding ortho intramolecular Hbond substituents is 1. The lowest BCUT2D eigenvalue weighted by Gasteiger charge is -2.25. The summed E-state index contributed by atoms with van der Waals surface area (Å²) in [5, 5.41) is 34.1. The summed E-state index contributed by atoms with van der Waals surface area (Å²) < 4.78 is 0. The first kappa shape index (κ1) is 27.4. The highest BCUT2D eigenvalue weighted by Gasteiger charge is 2.31. The first-order chi connectivity index (χ1) is 15.4. The Morgan fingerprint density at radius 1 is 1.00 bits per heavy atom. The molecule has 0 saturated heterocycles. The lowest BCUT2D eigenvalue weighted by atomic mass is 9.97. The van der Waals surface area contributed by atoms with Crippen LogP contribution < -0.4 is 21.7 Å². The Bertz CT molecular complexity index is 858. The number of nitrogens with two attached hydrogens (primary N) is 1. The molecular formula is C21H30N4O8. The number of aliphatic carboxylic acids is 2. The summed E-state index contributed by atoms with van der Waals surface area (Å²) in [6, 6.07) is 2.39. The van der Waals surface area contributed by atoms with E-state index in [-0.39, 0.29) is 12.2 Å². The van der Waals surface area contributed by atoms with Crippen molar-refractivity contribution in [2.24, 2.45) is 11.7 Å². The van der Waals surface area contributed by atoms with E-state index < -0.39 is 66.7 Å². The topological polar surface area (TPSA) is 208 Å². The molecule has 1 aromatic carbocycles. The van der Waals surface area contributed by atoms with Gasteiger partial charge in [0.1, 0.15) is 17.8 Å². The summed E-state index contributed by atoms with van der Waals surface area (Å²) in [6.45, 7) is 2.94. The largest absolute Gasteiger partial charge is 0.508 e. The highest BCUT2D eigenvalue weighted by molar-refractivity contribution is 5.93. The zero-order chi connectivity index (χ0) is 25.1. The molecule has 0 aliphatic carbocycles. The molecule has 33 heavy (non-hydrogen) atoms. The molecule has 0 saturated carbocycles. The molecular weight excluding hydrogens is 436 g/mol. The van der Waals surface area contributed by atoms with E-state index in [9.17, 15) is 29.1 Å². The number of phenols is 1. The quantitative estimate of drug-likeness (QED) is 0.189. The van der Waals surface area contributed by atoms with Gasteiger partial charge in [-0.3, -0.25) is 19.2 Å². The number of hydrogen-bond acceptors (Lipinski definition) is 7. The number of carbonyl (C=O) groups is 5. The smallest absolute Gasteiger partial charge is 0.326 e. The van der Waals surface area contributed by atoms with Crippen LogP contribution in [-0.4, -0.2) is 69.7 Å². The van der Waals surface area contributed by atoms with Crippen molar-refractivity contribution in [3.8, 4) is 5.75 Å². The third kappa shape index (κ3) is 9.56. The molecule has 0 heterocycles. The lowest BCUT2D eigenvalue weighted by Crippen LogP contribution is -2.56. The monoisotopic (exact) mass is 466 g/mol. The minimum Gasteiger partial charge on any atom is -0.508 e. The first-order valence-corrected chi connectivity index (χ1v) is 10.3.